The molecule has 8 radical (unpaired) electrons. The molecule has 0 spiro atoms. The fourth-order valence-electron chi connectivity index (χ4n) is 9.03. The molecule has 4 aliphatic rings. The minimum atomic E-state index is -1.27. The minimum absolute atomic E-state index is 0.0126. The topological polar surface area (TPSA) is 57.5 Å². The zero-order valence-electron chi connectivity index (χ0n) is 18.6. The highest BCUT2D eigenvalue weighted by Crippen LogP contribution is 2.72. The fourth-order valence-corrected chi connectivity index (χ4v) is 9.03. The summed E-state index contributed by atoms with van der Waals surface area (Å²) in [5.41, 5.74) is 0.125. The molecular weight excluding hydrogens is 367 g/mol. The molecule has 3 nitrogen and oxygen atoms in total. The SMILES string of the molecule is [B]C1([B])C[C@@]2(C)[C@H](CC[C@@H]3[C@@H]2CC[C@]2(C)[C@@H](CCCC(=O)O)CC[C@@H]32)C([B])([B])[C@H]1O. The Morgan fingerprint density at radius 3 is 2.30 bits per heavy atom. The van der Waals surface area contributed by atoms with Crippen molar-refractivity contribution in [2.75, 3.05) is 0 Å². The van der Waals surface area contributed by atoms with Crippen molar-refractivity contribution in [3.8, 4) is 0 Å². The van der Waals surface area contributed by atoms with Crippen LogP contribution in [0.15, 0.2) is 0 Å². The predicted molar refractivity (Wildman–Crippen MR) is 122 cm³/mol. The molecule has 0 heterocycles. The van der Waals surface area contributed by atoms with E-state index >= 15 is 0 Å². The Balaban J connectivity index is 1.57. The maximum Gasteiger partial charge on any atom is 0.303 e. The third kappa shape index (κ3) is 3.27. The molecule has 0 aromatic heterocycles. The van der Waals surface area contributed by atoms with Gasteiger partial charge < -0.3 is 10.2 Å². The van der Waals surface area contributed by atoms with Crippen LogP contribution >= 0.6 is 0 Å². The quantitative estimate of drug-likeness (QED) is 0.710. The molecule has 0 saturated heterocycles. The molecule has 7 heteroatoms. The van der Waals surface area contributed by atoms with Crippen molar-refractivity contribution in [2.24, 2.45) is 40.4 Å². The van der Waals surface area contributed by atoms with Crippen LogP contribution in [0.3, 0.4) is 0 Å². The van der Waals surface area contributed by atoms with Crippen LogP contribution in [0.1, 0.15) is 78.1 Å². The average molecular weight is 402 g/mol. The van der Waals surface area contributed by atoms with Crippen molar-refractivity contribution in [3.63, 3.8) is 0 Å². The van der Waals surface area contributed by atoms with Crippen molar-refractivity contribution < 1.29 is 15.0 Å². The molecule has 0 aromatic rings. The molecule has 8 atom stereocenters. The van der Waals surface area contributed by atoms with Gasteiger partial charge in [0.05, 0.1) is 31.4 Å². The highest BCUT2D eigenvalue weighted by Gasteiger charge is 2.64. The highest BCUT2D eigenvalue weighted by molar-refractivity contribution is 6.45. The smallest absolute Gasteiger partial charge is 0.303 e. The van der Waals surface area contributed by atoms with Gasteiger partial charge in [-0.3, -0.25) is 4.79 Å². The molecule has 4 aliphatic carbocycles. The Bertz CT molecular complexity index is 698. The number of fused-ring (bicyclic) bond motifs is 5. The maximum absolute atomic E-state index is 11.0. The second-order valence-electron chi connectivity index (χ2n) is 11.8. The molecule has 4 rings (SSSR count). The first kappa shape index (κ1) is 22.9. The third-order valence-corrected chi connectivity index (χ3v) is 10.3. The van der Waals surface area contributed by atoms with Gasteiger partial charge >= 0.3 is 5.97 Å². The highest BCUT2D eigenvalue weighted by atomic mass is 16.4. The lowest BCUT2D eigenvalue weighted by Gasteiger charge is -2.68. The van der Waals surface area contributed by atoms with E-state index in [1.165, 1.54) is 12.8 Å². The molecule has 4 saturated carbocycles. The number of carboxylic acid groups (broad SMARTS) is 1. The van der Waals surface area contributed by atoms with E-state index in [0.29, 0.717) is 35.5 Å². The predicted octanol–water partition coefficient (Wildman–Crippen LogP) is 3.39. The van der Waals surface area contributed by atoms with Crippen LogP contribution in [-0.2, 0) is 4.79 Å². The molecule has 0 amide bonds. The summed E-state index contributed by atoms with van der Waals surface area (Å²) in [5.74, 6) is 1.68. The van der Waals surface area contributed by atoms with Gasteiger partial charge in [-0.2, -0.15) is 0 Å². The molecule has 2 N–H and O–H groups in total. The Labute approximate surface area is 187 Å². The minimum Gasteiger partial charge on any atom is -0.481 e. The monoisotopic (exact) mass is 402 g/mol. The molecule has 4 fully saturated rings. The van der Waals surface area contributed by atoms with Gasteiger partial charge in [-0.05, 0) is 85.4 Å². The standard InChI is InChI=1S/C23H34B4O3/c1-20-11-10-16-14(15(20)8-6-13(20)4-3-5-18(28)29)7-9-17-21(16,2)12-22(24,25)19(30)23(17,26)27/h13-17,19,30H,3-12H2,1-2H3,(H,28,29)/t13-,14-,15-,16-,17-,19-,20+,21+/m0/s1. The number of hydrogen-bond acceptors (Lipinski definition) is 2. The van der Waals surface area contributed by atoms with E-state index in [-0.39, 0.29) is 17.8 Å². The lowest BCUT2D eigenvalue weighted by atomic mass is 9.24. The first-order chi connectivity index (χ1) is 13.8. The Morgan fingerprint density at radius 1 is 0.967 bits per heavy atom. The normalized spacial score (nSPS) is 48.9. The van der Waals surface area contributed by atoms with Crippen LogP contribution in [0.4, 0.5) is 0 Å². The van der Waals surface area contributed by atoms with Crippen molar-refractivity contribution in [1.29, 1.82) is 0 Å². The zero-order chi connectivity index (χ0) is 22.1. The van der Waals surface area contributed by atoms with E-state index in [1.807, 2.05) is 0 Å². The van der Waals surface area contributed by atoms with Gasteiger partial charge in [-0.25, -0.2) is 0 Å². The Morgan fingerprint density at radius 2 is 1.63 bits per heavy atom. The van der Waals surface area contributed by atoms with Gasteiger partial charge in [0.15, 0.2) is 0 Å². The number of carboxylic acids is 1. The third-order valence-electron chi connectivity index (χ3n) is 10.3. The van der Waals surface area contributed by atoms with E-state index in [0.717, 1.165) is 38.5 Å². The number of aliphatic hydroxyl groups is 1. The number of rotatable bonds is 4. The second-order valence-corrected chi connectivity index (χ2v) is 11.8. The van der Waals surface area contributed by atoms with Gasteiger partial charge in [-0.15, -0.1) is 0 Å². The van der Waals surface area contributed by atoms with Crippen LogP contribution < -0.4 is 0 Å². The summed E-state index contributed by atoms with van der Waals surface area (Å²) in [7, 11) is 25.8. The molecule has 0 unspecified atom stereocenters. The number of aliphatic hydroxyl groups excluding tert-OH is 1. The Hall–Kier alpha value is -0.310. The van der Waals surface area contributed by atoms with Gasteiger partial charge in [0.2, 0.25) is 0 Å². The molecule has 30 heavy (non-hydrogen) atoms. The average Bonchev–Trinajstić information content (AvgIpc) is 2.96. The second kappa shape index (κ2) is 7.35. The largest absolute Gasteiger partial charge is 0.481 e. The summed E-state index contributed by atoms with van der Waals surface area (Å²) < 4.78 is 0. The van der Waals surface area contributed by atoms with Crippen LogP contribution in [0.2, 0.25) is 10.4 Å². The van der Waals surface area contributed by atoms with Gasteiger partial charge in [-0.1, -0.05) is 37.1 Å². The van der Waals surface area contributed by atoms with Crippen molar-refractivity contribution in [2.45, 2.75) is 94.6 Å². The van der Waals surface area contributed by atoms with Crippen molar-refractivity contribution in [3.05, 3.63) is 0 Å². The molecular formula is C23H34B4O3. The van der Waals surface area contributed by atoms with E-state index in [4.69, 9.17) is 36.5 Å². The van der Waals surface area contributed by atoms with Crippen molar-refractivity contribution in [1.82, 2.24) is 0 Å². The summed E-state index contributed by atoms with van der Waals surface area (Å²) in [6.45, 7) is 4.73. The van der Waals surface area contributed by atoms with Crippen LogP contribution in [0.25, 0.3) is 0 Å². The van der Waals surface area contributed by atoms with Crippen LogP contribution in [0.5, 0.6) is 0 Å². The molecule has 0 aromatic carbocycles. The van der Waals surface area contributed by atoms with E-state index in [1.54, 1.807) is 0 Å². The van der Waals surface area contributed by atoms with Crippen LogP contribution in [0, 0.1) is 40.4 Å². The fraction of sp³-hybridized carbons (Fsp3) is 0.957. The number of hydrogen-bond donors (Lipinski definition) is 2. The maximum atomic E-state index is 11.0. The summed E-state index contributed by atoms with van der Waals surface area (Å²) in [6, 6.07) is 0. The summed E-state index contributed by atoms with van der Waals surface area (Å²) in [4.78, 5) is 11.0. The molecule has 0 aliphatic heterocycles. The molecule has 0 bridgehead atoms. The first-order valence-corrected chi connectivity index (χ1v) is 11.9. The lowest BCUT2D eigenvalue weighted by Crippen LogP contribution is -2.62. The van der Waals surface area contributed by atoms with Gasteiger partial charge in [0, 0.05) is 12.5 Å². The van der Waals surface area contributed by atoms with E-state index in [2.05, 4.69) is 13.8 Å². The summed E-state index contributed by atoms with van der Waals surface area (Å²) >= 11 is 0. The Kier molecular flexibility index (Phi) is 5.61. The lowest BCUT2D eigenvalue weighted by molar-refractivity contribution is -0.138. The van der Waals surface area contributed by atoms with E-state index in [9.17, 15) is 9.90 Å². The summed E-state index contributed by atoms with van der Waals surface area (Å²) in [6.07, 6.45) is 8.22. The van der Waals surface area contributed by atoms with Crippen molar-refractivity contribution >= 4 is 37.4 Å². The molecule has 156 valence electrons. The van der Waals surface area contributed by atoms with Gasteiger partial charge in [0.1, 0.15) is 0 Å². The number of carbonyl (C=O) groups is 1. The van der Waals surface area contributed by atoms with Gasteiger partial charge in [0.25, 0.3) is 0 Å². The van der Waals surface area contributed by atoms with E-state index < -0.39 is 22.5 Å². The number of aliphatic carboxylic acids is 1. The zero-order valence-corrected chi connectivity index (χ0v) is 18.6. The first-order valence-electron chi connectivity index (χ1n) is 11.9. The summed E-state index contributed by atoms with van der Waals surface area (Å²) in [5, 5.41) is 17.2. The van der Waals surface area contributed by atoms with Crippen LogP contribution in [-0.4, -0.2) is 53.7 Å².